The first kappa shape index (κ1) is 20.6. The Hall–Kier alpha value is -3.69. The van der Waals surface area contributed by atoms with Crippen molar-refractivity contribution in [3.63, 3.8) is 0 Å². The normalized spacial score (nSPS) is 11.4. The van der Waals surface area contributed by atoms with Crippen molar-refractivity contribution in [2.45, 2.75) is 17.9 Å². The van der Waals surface area contributed by atoms with Crippen LogP contribution in [0.1, 0.15) is 11.3 Å². The summed E-state index contributed by atoms with van der Waals surface area (Å²) >= 11 is 0. The van der Waals surface area contributed by atoms with E-state index in [4.69, 9.17) is 9.88 Å². The molecule has 0 saturated carbocycles. The highest BCUT2D eigenvalue weighted by molar-refractivity contribution is 7.89. The van der Waals surface area contributed by atoms with E-state index < -0.39 is 10.0 Å². The lowest BCUT2D eigenvalue weighted by Crippen LogP contribution is -2.15. The van der Waals surface area contributed by atoms with Crippen LogP contribution in [0.5, 0.6) is 5.75 Å². The van der Waals surface area contributed by atoms with Gasteiger partial charge in [-0.05, 0) is 42.0 Å². The molecular formula is C22H20N4O4S. The van der Waals surface area contributed by atoms with Crippen LogP contribution in [0, 0.1) is 0 Å². The first-order valence-electron chi connectivity index (χ1n) is 9.44. The van der Waals surface area contributed by atoms with Crippen LogP contribution in [0.4, 0.5) is 5.69 Å². The van der Waals surface area contributed by atoms with Gasteiger partial charge in [0.1, 0.15) is 18.0 Å². The molecule has 0 atom stereocenters. The number of carbonyl (C=O) groups is 1. The molecular weight excluding hydrogens is 416 g/mol. The first-order valence-corrected chi connectivity index (χ1v) is 11.0. The lowest BCUT2D eigenvalue weighted by Gasteiger charge is -2.09. The third-order valence-corrected chi connectivity index (χ3v) is 5.46. The number of nitrogens with two attached hydrogens (primary N) is 1. The lowest BCUT2D eigenvalue weighted by atomic mass is 10.1. The van der Waals surface area contributed by atoms with E-state index in [2.05, 4.69) is 10.3 Å². The number of aromatic nitrogens is 2. The fraction of sp³-hybridized carbons (Fsp3) is 0.0909. The Bertz CT molecular complexity index is 1300. The number of benzene rings is 2. The Kier molecular flexibility index (Phi) is 5.70. The van der Waals surface area contributed by atoms with Gasteiger partial charge >= 0.3 is 0 Å². The number of carbonyl (C=O) groups excluding carboxylic acids is 1. The second-order valence-corrected chi connectivity index (χ2v) is 8.49. The van der Waals surface area contributed by atoms with E-state index in [1.165, 1.54) is 12.1 Å². The maximum atomic E-state index is 12.3. The number of hydrogen-bond donors (Lipinski definition) is 2. The molecule has 1 amide bonds. The molecule has 158 valence electrons. The number of nitrogens with zero attached hydrogens (tertiary/aromatic N) is 2. The number of amides is 1. The molecule has 0 fully saturated rings. The van der Waals surface area contributed by atoms with E-state index in [1.807, 2.05) is 35.0 Å². The monoisotopic (exact) mass is 436 g/mol. The molecule has 3 N–H and O–H groups in total. The van der Waals surface area contributed by atoms with Gasteiger partial charge in [0.2, 0.25) is 15.9 Å². The van der Waals surface area contributed by atoms with Crippen LogP contribution in [-0.2, 0) is 27.8 Å². The fourth-order valence-corrected chi connectivity index (χ4v) is 3.58. The van der Waals surface area contributed by atoms with Crippen molar-refractivity contribution in [2.24, 2.45) is 5.14 Å². The molecule has 8 nitrogen and oxygen atoms in total. The van der Waals surface area contributed by atoms with Crippen LogP contribution in [0.2, 0.25) is 0 Å². The highest BCUT2D eigenvalue weighted by Gasteiger charge is 2.09. The van der Waals surface area contributed by atoms with E-state index in [9.17, 15) is 13.2 Å². The second kappa shape index (κ2) is 8.58. The van der Waals surface area contributed by atoms with Crippen LogP contribution in [0.15, 0.2) is 84.0 Å². The molecule has 0 aliphatic carbocycles. The summed E-state index contributed by atoms with van der Waals surface area (Å²) in [7, 11) is -3.76. The summed E-state index contributed by atoms with van der Waals surface area (Å²) in [5.41, 5.74) is 2.91. The van der Waals surface area contributed by atoms with Gasteiger partial charge in [-0.15, -0.1) is 0 Å². The van der Waals surface area contributed by atoms with Gasteiger partial charge in [0.05, 0.1) is 17.0 Å². The number of nitrogens with one attached hydrogen (secondary N) is 1. The summed E-state index contributed by atoms with van der Waals surface area (Å²) in [6, 6.07) is 18.7. The first-order chi connectivity index (χ1) is 14.9. The van der Waals surface area contributed by atoms with E-state index in [0.29, 0.717) is 23.6 Å². The second-order valence-electron chi connectivity index (χ2n) is 6.93. The highest BCUT2D eigenvalue weighted by Crippen LogP contribution is 2.19. The number of primary sulfonamides is 1. The molecule has 0 unspecified atom stereocenters. The minimum Gasteiger partial charge on any atom is -0.487 e. The third-order valence-electron chi connectivity index (χ3n) is 4.53. The van der Waals surface area contributed by atoms with Gasteiger partial charge in [-0.3, -0.25) is 4.79 Å². The van der Waals surface area contributed by atoms with Crippen molar-refractivity contribution in [1.82, 2.24) is 9.38 Å². The topological polar surface area (TPSA) is 116 Å². The van der Waals surface area contributed by atoms with E-state index in [1.54, 1.807) is 36.4 Å². The molecule has 2 aromatic carbocycles. The van der Waals surface area contributed by atoms with Crippen molar-refractivity contribution < 1.29 is 17.9 Å². The number of sulfonamides is 1. The smallest absolute Gasteiger partial charge is 0.238 e. The summed E-state index contributed by atoms with van der Waals surface area (Å²) in [5, 5.41) is 7.90. The van der Waals surface area contributed by atoms with Crippen molar-refractivity contribution in [3.8, 4) is 5.75 Å². The molecule has 4 rings (SSSR count). The van der Waals surface area contributed by atoms with E-state index in [-0.39, 0.29) is 17.2 Å². The number of anilines is 1. The fourth-order valence-electron chi connectivity index (χ4n) is 3.07. The van der Waals surface area contributed by atoms with Gasteiger partial charge < -0.3 is 14.5 Å². The Morgan fingerprint density at radius 3 is 2.61 bits per heavy atom. The standard InChI is InChI=1S/C22H20N4O4S/c23-31(28,29)20-9-7-16(8-10-20)12-22(27)25-17-4-3-5-19(13-17)30-15-18-14-26-11-2-1-6-21(26)24-18/h1-11,13-14H,12,15H2,(H,25,27)(H2,23,28,29). The average molecular weight is 436 g/mol. The zero-order valence-electron chi connectivity index (χ0n) is 16.4. The van der Waals surface area contributed by atoms with Crippen molar-refractivity contribution >= 4 is 27.3 Å². The van der Waals surface area contributed by atoms with E-state index >= 15 is 0 Å². The van der Waals surface area contributed by atoms with Gasteiger partial charge in [-0.2, -0.15) is 0 Å². The van der Waals surface area contributed by atoms with Crippen molar-refractivity contribution in [1.29, 1.82) is 0 Å². The van der Waals surface area contributed by atoms with Gasteiger partial charge in [0.15, 0.2) is 0 Å². The Balaban J connectivity index is 1.35. The van der Waals surface area contributed by atoms with Crippen LogP contribution < -0.4 is 15.2 Å². The summed E-state index contributed by atoms with van der Waals surface area (Å²) in [6.07, 6.45) is 3.92. The quantitative estimate of drug-likeness (QED) is 0.462. The van der Waals surface area contributed by atoms with Gasteiger partial charge in [0, 0.05) is 24.1 Å². The zero-order valence-corrected chi connectivity index (χ0v) is 17.2. The number of imidazole rings is 1. The number of hydrogen-bond acceptors (Lipinski definition) is 5. The van der Waals surface area contributed by atoms with Gasteiger partial charge in [-0.1, -0.05) is 24.3 Å². The predicted octanol–water partition coefficient (Wildman–Crippen LogP) is 2.74. The number of pyridine rings is 1. The summed E-state index contributed by atoms with van der Waals surface area (Å²) < 4.78 is 30.4. The van der Waals surface area contributed by atoms with Crippen LogP contribution >= 0.6 is 0 Å². The molecule has 0 aliphatic rings. The predicted molar refractivity (Wildman–Crippen MR) is 116 cm³/mol. The maximum absolute atomic E-state index is 12.3. The average Bonchev–Trinajstić information content (AvgIpc) is 3.15. The lowest BCUT2D eigenvalue weighted by molar-refractivity contribution is -0.115. The van der Waals surface area contributed by atoms with Crippen LogP contribution in [0.25, 0.3) is 5.65 Å². The zero-order chi connectivity index (χ0) is 21.8. The third kappa shape index (κ3) is 5.27. The van der Waals surface area contributed by atoms with Gasteiger partial charge in [0.25, 0.3) is 0 Å². The molecule has 2 heterocycles. The molecule has 0 aliphatic heterocycles. The summed E-state index contributed by atoms with van der Waals surface area (Å²) in [4.78, 5) is 16.8. The number of rotatable bonds is 7. The molecule has 0 saturated heterocycles. The molecule has 0 bridgehead atoms. The van der Waals surface area contributed by atoms with Gasteiger partial charge in [-0.25, -0.2) is 18.5 Å². The molecule has 9 heteroatoms. The Labute approximate surface area is 179 Å². The largest absolute Gasteiger partial charge is 0.487 e. The highest BCUT2D eigenvalue weighted by atomic mass is 32.2. The van der Waals surface area contributed by atoms with Crippen molar-refractivity contribution in [2.75, 3.05) is 5.32 Å². The molecule has 31 heavy (non-hydrogen) atoms. The molecule has 0 spiro atoms. The molecule has 2 aromatic heterocycles. The summed E-state index contributed by atoms with van der Waals surface area (Å²) in [5.74, 6) is 0.369. The van der Waals surface area contributed by atoms with Crippen molar-refractivity contribution in [3.05, 3.63) is 90.4 Å². The molecule has 0 radical (unpaired) electrons. The van der Waals surface area contributed by atoms with E-state index in [0.717, 1.165) is 11.3 Å². The number of ether oxygens (including phenoxy) is 1. The number of fused-ring (bicyclic) bond motifs is 1. The minimum atomic E-state index is -3.76. The SMILES string of the molecule is NS(=O)(=O)c1ccc(CC(=O)Nc2cccc(OCc3cn4ccccc4n3)c2)cc1. The summed E-state index contributed by atoms with van der Waals surface area (Å²) in [6.45, 7) is 0.301. The Morgan fingerprint density at radius 2 is 1.87 bits per heavy atom. The van der Waals surface area contributed by atoms with Crippen LogP contribution in [-0.4, -0.2) is 23.7 Å². The van der Waals surface area contributed by atoms with Crippen LogP contribution in [0.3, 0.4) is 0 Å². The molecule has 4 aromatic rings. The maximum Gasteiger partial charge on any atom is 0.238 e. The minimum absolute atomic E-state index is 0.00659. The Morgan fingerprint density at radius 1 is 1.06 bits per heavy atom.